The predicted octanol–water partition coefficient (Wildman–Crippen LogP) is 3.83. The lowest BCUT2D eigenvalue weighted by Crippen LogP contribution is -2.10. The van der Waals surface area contributed by atoms with Crippen molar-refractivity contribution in [1.82, 2.24) is 29.9 Å². The van der Waals surface area contributed by atoms with Gasteiger partial charge in [-0.2, -0.15) is 10.2 Å². The third-order valence-corrected chi connectivity index (χ3v) is 5.08. The summed E-state index contributed by atoms with van der Waals surface area (Å²) in [5.41, 5.74) is 4.94. The quantitative estimate of drug-likeness (QED) is 0.598. The molecule has 5 rings (SSSR count). The fourth-order valence-electron chi connectivity index (χ4n) is 3.34. The summed E-state index contributed by atoms with van der Waals surface area (Å²) in [6.45, 7) is 0. The van der Waals surface area contributed by atoms with Crippen LogP contribution in [0.3, 0.4) is 0 Å². The Labute approximate surface area is 156 Å². The lowest BCUT2D eigenvalue weighted by molar-refractivity contribution is 0.418. The highest BCUT2D eigenvalue weighted by Crippen LogP contribution is 2.36. The van der Waals surface area contributed by atoms with Crippen LogP contribution in [0.15, 0.2) is 49.1 Å². The second-order valence-corrected chi connectivity index (χ2v) is 6.99. The van der Waals surface area contributed by atoms with Crippen LogP contribution in [0.4, 0.5) is 11.6 Å². The molecule has 7 heteroatoms. The molecule has 1 fully saturated rings. The van der Waals surface area contributed by atoms with E-state index >= 15 is 0 Å². The molecule has 0 saturated heterocycles. The van der Waals surface area contributed by atoms with Crippen molar-refractivity contribution in [3.63, 3.8) is 0 Å². The number of nitrogens with zero attached hydrogens (tertiary/aromatic N) is 6. The first-order valence-electron chi connectivity index (χ1n) is 9.10. The van der Waals surface area contributed by atoms with Crippen LogP contribution in [-0.4, -0.2) is 29.9 Å². The monoisotopic (exact) mass is 357 g/mol. The van der Waals surface area contributed by atoms with E-state index < -0.39 is 0 Å². The van der Waals surface area contributed by atoms with Gasteiger partial charge in [0.15, 0.2) is 5.82 Å². The fourth-order valence-corrected chi connectivity index (χ4v) is 3.34. The van der Waals surface area contributed by atoms with Crippen molar-refractivity contribution in [2.24, 2.45) is 7.05 Å². The Morgan fingerprint density at radius 1 is 1.00 bits per heavy atom. The topological polar surface area (TPSA) is 81.4 Å². The molecule has 0 amide bonds. The molecule has 0 spiro atoms. The highest BCUT2D eigenvalue weighted by atomic mass is 15.2. The molecular weight excluding hydrogens is 338 g/mol. The number of aryl methyl sites for hydroxylation is 1. The van der Waals surface area contributed by atoms with Gasteiger partial charge in [0.1, 0.15) is 5.82 Å². The molecule has 0 radical (unpaired) electrons. The molecule has 27 heavy (non-hydrogen) atoms. The first-order chi connectivity index (χ1) is 13.2. The second kappa shape index (κ2) is 6.42. The molecule has 134 valence electrons. The second-order valence-electron chi connectivity index (χ2n) is 6.99. The van der Waals surface area contributed by atoms with Gasteiger partial charge in [0.2, 0.25) is 0 Å². The lowest BCUT2D eigenvalue weighted by atomic mass is 9.81. The molecule has 0 aromatic carbocycles. The Bertz CT molecular complexity index is 1110. The molecule has 0 unspecified atom stereocenters. The molecule has 4 aromatic heterocycles. The number of aromatic nitrogens is 6. The van der Waals surface area contributed by atoms with Crippen LogP contribution in [0.5, 0.6) is 0 Å². The van der Waals surface area contributed by atoms with Crippen molar-refractivity contribution in [2.45, 2.75) is 25.2 Å². The van der Waals surface area contributed by atoms with Gasteiger partial charge in [-0.25, -0.2) is 4.98 Å². The number of rotatable bonds is 4. The maximum Gasteiger partial charge on any atom is 0.154 e. The zero-order valence-electron chi connectivity index (χ0n) is 15.0. The van der Waals surface area contributed by atoms with Gasteiger partial charge in [0.25, 0.3) is 0 Å². The smallest absolute Gasteiger partial charge is 0.154 e. The first-order valence-corrected chi connectivity index (χ1v) is 9.10. The molecule has 7 nitrogen and oxygen atoms in total. The summed E-state index contributed by atoms with van der Waals surface area (Å²) in [5.74, 6) is 2.08. The van der Waals surface area contributed by atoms with Gasteiger partial charge in [0, 0.05) is 30.6 Å². The van der Waals surface area contributed by atoms with Crippen molar-refractivity contribution in [1.29, 1.82) is 0 Å². The van der Waals surface area contributed by atoms with E-state index in [4.69, 9.17) is 4.98 Å². The number of fused-ring (bicyclic) bond motifs is 1. The number of anilines is 2. The summed E-state index contributed by atoms with van der Waals surface area (Å²) in [6.07, 6.45) is 11.3. The van der Waals surface area contributed by atoms with Crippen LogP contribution in [0.25, 0.3) is 22.2 Å². The number of hydrogen-bond acceptors (Lipinski definition) is 6. The highest BCUT2D eigenvalue weighted by Gasteiger charge is 2.20. The summed E-state index contributed by atoms with van der Waals surface area (Å²) >= 11 is 0. The molecular formula is C20H19N7. The van der Waals surface area contributed by atoms with Gasteiger partial charge in [-0.15, -0.1) is 5.10 Å². The van der Waals surface area contributed by atoms with Crippen LogP contribution in [0.1, 0.15) is 30.7 Å². The van der Waals surface area contributed by atoms with E-state index in [9.17, 15) is 0 Å². The van der Waals surface area contributed by atoms with Crippen LogP contribution in [-0.2, 0) is 7.05 Å². The van der Waals surface area contributed by atoms with Gasteiger partial charge < -0.3 is 5.32 Å². The van der Waals surface area contributed by atoms with E-state index in [2.05, 4.69) is 31.7 Å². The van der Waals surface area contributed by atoms with E-state index in [1.54, 1.807) is 4.68 Å². The Morgan fingerprint density at radius 2 is 1.93 bits per heavy atom. The molecule has 0 atom stereocenters. The Morgan fingerprint density at radius 3 is 2.70 bits per heavy atom. The largest absolute Gasteiger partial charge is 0.323 e. The molecule has 4 aromatic rings. The Hall–Kier alpha value is -3.35. The molecule has 0 aliphatic heterocycles. The van der Waals surface area contributed by atoms with E-state index in [-0.39, 0.29) is 0 Å². The van der Waals surface area contributed by atoms with Crippen molar-refractivity contribution in [3.8, 4) is 11.1 Å². The third kappa shape index (κ3) is 3.12. The minimum Gasteiger partial charge on any atom is -0.323 e. The molecule has 4 heterocycles. The maximum atomic E-state index is 4.70. The fraction of sp³-hybridized carbons (Fsp3) is 0.250. The number of pyridine rings is 2. The number of nitrogens with one attached hydrogen (secondary N) is 1. The van der Waals surface area contributed by atoms with Gasteiger partial charge >= 0.3 is 0 Å². The van der Waals surface area contributed by atoms with Crippen LogP contribution < -0.4 is 5.32 Å². The standard InChI is InChI=1S/C20H19N7/c1-27-12-16(11-23-27)14-7-18-17(21-9-14)5-6-19(24-18)25-20-8-15(10-22-26-20)13-3-2-4-13/h5-13H,2-4H2,1H3,(H,24,25,26). The molecule has 1 saturated carbocycles. The molecule has 1 aliphatic rings. The van der Waals surface area contributed by atoms with Crippen molar-refractivity contribution in [3.05, 3.63) is 54.6 Å². The van der Waals surface area contributed by atoms with Crippen LogP contribution in [0, 0.1) is 0 Å². The summed E-state index contributed by atoms with van der Waals surface area (Å²) in [6, 6.07) is 7.98. The average Bonchev–Trinajstić information content (AvgIpc) is 3.06. The van der Waals surface area contributed by atoms with E-state index in [1.165, 1.54) is 24.8 Å². The summed E-state index contributed by atoms with van der Waals surface area (Å²) in [4.78, 5) is 9.22. The average molecular weight is 357 g/mol. The Balaban J connectivity index is 1.45. The normalized spacial score (nSPS) is 14.3. The third-order valence-electron chi connectivity index (χ3n) is 5.08. The van der Waals surface area contributed by atoms with Gasteiger partial charge in [-0.1, -0.05) is 6.42 Å². The number of hydrogen-bond donors (Lipinski definition) is 1. The lowest BCUT2D eigenvalue weighted by Gasteiger charge is -2.25. The zero-order valence-corrected chi connectivity index (χ0v) is 15.0. The minimum atomic E-state index is 0.622. The molecule has 1 aliphatic carbocycles. The first kappa shape index (κ1) is 15.9. The van der Waals surface area contributed by atoms with Crippen molar-refractivity contribution < 1.29 is 0 Å². The minimum absolute atomic E-state index is 0.622. The maximum absolute atomic E-state index is 4.70. The van der Waals surface area contributed by atoms with Gasteiger partial charge in [-0.3, -0.25) is 9.67 Å². The van der Waals surface area contributed by atoms with E-state index in [1.807, 2.05) is 50.0 Å². The van der Waals surface area contributed by atoms with Crippen molar-refractivity contribution >= 4 is 22.7 Å². The highest BCUT2D eigenvalue weighted by molar-refractivity contribution is 5.81. The molecule has 1 N–H and O–H groups in total. The van der Waals surface area contributed by atoms with Crippen LogP contribution in [0.2, 0.25) is 0 Å². The Kier molecular flexibility index (Phi) is 3.78. The van der Waals surface area contributed by atoms with Crippen LogP contribution >= 0.6 is 0 Å². The van der Waals surface area contributed by atoms with Gasteiger partial charge in [0.05, 0.1) is 23.4 Å². The SMILES string of the molecule is Cn1cc(-c2cnc3ccc(Nc4cc(C5CCC5)cnn4)nc3c2)cn1. The molecule has 0 bridgehead atoms. The summed E-state index contributed by atoms with van der Waals surface area (Å²) < 4.78 is 1.78. The van der Waals surface area contributed by atoms with E-state index in [0.29, 0.717) is 5.92 Å². The zero-order chi connectivity index (χ0) is 18.2. The predicted molar refractivity (Wildman–Crippen MR) is 104 cm³/mol. The van der Waals surface area contributed by atoms with E-state index in [0.717, 1.165) is 33.8 Å². The summed E-state index contributed by atoms with van der Waals surface area (Å²) in [7, 11) is 1.90. The summed E-state index contributed by atoms with van der Waals surface area (Å²) in [5, 5.41) is 15.8. The van der Waals surface area contributed by atoms with Crippen molar-refractivity contribution in [2.75, 3.05) is 5.32 Å². The van der Waals surface area contributed by atoms with Gasteiger partial charge in [-0.05, 0) is 48.6 Å².